The Labute approximate surface area is 101 Å². The summed E-state index contributed by atoms with van der Waals surface area (Å²) in [5.41, 5.74) is 1.17. The van der Waals surface area contributed by atoms with Gasteiger partial charge >= 0.3 is 0 Å². The molecule has 0 bridgehead atoms. The van der Waals surface area contributed by atoms with Crippen LogP contribution < -0.4 is 9.47 Å². The van der Waals surface area contributed by atoms with Crippen molar-refractivity contribution in [2.24, 2.45) is 0 Å². The van der Waals surface area contributed by atoms with Gasteiger partial charge in [-0.3, -0.25) is 0 Å². The zero-order valence-electron chi connectivity index (χ0n) is 9.95. The van der Waals surface area contributed by atoms with Crippen LogP contribution in [0, 0.1) is 6.92 Å². The van der Waals surface area contributed by atoms with Gasteiger partial charge in [0.05, 0.1) is 14.2 Å². The topological polar surface area (TPSA) is 38.7 Å². The number of hydrogen-bond acceptors (Lipinski definition) is 4. The van der Waals surface area contributed by atoms with E-state index in [0.717, 1.165) is 23.7 Å². The monoisotopic (exact) mass is 242 g/mol. The minimum Gasteiger partial charge on any atom is -0.493 e. The number of ether oxygens (including phenoxy) is 2. The molecule has 0 amide bonds. The molecule has 0 heterocycles. The Balaban J connectivity index is 2.84. The second-order valence-electron chi connectivity index (χ2n) is 3.40. The number of thioether (sulfide) groups is 1. The average Bonchev–Trinajstić information content (AvgIpc) is 2.31. The summed E-state index contributed by atoms with van der Waals surface area (Å²) in [7, 11) is 3.27. The van der Waals surface area contributed by atoms with Gasteiger partial charge < -0.3 is 14.6 Å². The molecule has 0 radical (unpaired) electrons. The molecule has 0 spiro atoms. The van der Waals surface area contributed by atoms with Gasteiger partial charge in [-0.1, -0.05) is 0 Å². The molecule has 0 fully saturated rings. The molecule has 3 nitrogen and oxygen atoms in total. The highest BCUT2D eigenvalue weighted by Gasteiger charge is 2.08. The maximum atomic E-state index is 8.74. The van der Waals surface area contributed by atoms with Gasteiger partial charge in [0.25, 0.3) is 0 Å². The summed E-state index contributed by atoms with van der Waals surface area (Å²) >= 11 is 1.72. The highest BCUT2D eigenvalue weighted by atomic mass is 32.2. The molecule has 1 rings (SSSR count). The van der Waals surface area contributed by atoms with Crippen LogP contribution in [0.15, 0.2) is 17.0 Å². The Morgan fingerprint density at radius 1 is 1.19 bits per heavy atom. The summed E-state index contributed by atoms with van der Waals surface area (Å²) in [6.45, 7) is 2.28. The summed E-state index contributed by atoms with van der Waals surface area (Å²) in [4.78, 5) is 1.17. The quantitative estimate of drug-likeness (QED) is 0.614. The van der Waals surface area contributed by atoms with E-state index in [0.29, 0.717) is 0 Å². The number of methoxy groups -OCH3 is 2. The van der Waals surface area contributed by atoms with Gasteiger partial charge in [-0.2, -0.15) is 0 Å². The number of aliphatic hydroxyl groups is 1. The van der Waals surface area contributed by atoms with Gasteiger partial charge in [-0.25, -0.2) is 0 Å². The fourth-order valence-corrected chi connectivity index (χ4v) is 2.33. The number of hydrogen-bond donors (Lipinski definition) is 1. The minimum atomic E-state index is 0.235. The Morgan fingerprint density at radius 3 is 2.38 bits per heavy atom. The Morgan fingerprint density at radius 2 is 1.81 bits per heavy atom. The number of aliphatic hydroxyl groups excluding tert-OH is 1. The van der Waals surface area contributed by atoms with E-state index in [1.165, 1.54) is 10.5 Å². The Hall–Kier alpha value is -0.870. The fourth-order valence-electron chi connectivity index (χ4n) is 1.36. The Kier molecular flexibility index (Phi) is 5.49. The molecule has 4 heteroatoms. The second kappa shape index (κ2) is 6.66. The van der Waals surface area contributed by atoms with Crippen molar-refractivity contribution in [1.29, 1.82) is 0 Å². The smallest absolute Gasteiger partial charge is 0.161 e. The highest BCUT2D eigenvalue weighted by Crippen LogP contribution is 2.34. The van der Waals surface area contributed by atoms with Crippen molar-refractivity contribution in [2.45, 2.75) is 18.2 Å². The van der Waals surface area contributed by atoms with E-state index in [9.17, 15) is 0 Å². The van der Waals surface area contributed by atoms with Gasteiger partial charge in [0, 0.05) is 17.3 Å². The van der Waals surface area contributed by atoms with Crippen LogP contribution in [-0.2, 0) is 0 Å². The molecule has 1 N–H and O–H groups in total. The normalized spacial score (nSPS) is 10.2. The first-order chi connectivity index (χ1) is 7.72. The van der Waals surface area contributed by atoms with E-state index in [4.69, 9.17) is 14.6 Å². The van der Waals surface area contributed by atoms with Crippen LogP contribution in [0.2, 0.25) is 0 Å². The first-order valence-electron chi connectivity index (χ1n) is 5.19. The van der Waals surface area contributed by atoms with Crippen molar-refractivity contribution in [3.63, 3.8) is 0 Å². The molecule has 1 aromatic rings. The summed E-state index contributed by atoms with van der Waals surface area (Å²) in [5.74, 6) is 2.42. The largest absolute Gasteiger partial charge is 0.493 e. The van der Waals surface area contributed by atoms with Crippen LogP contribution >= 0.6 is 11.8 Å². The molecule has 0 saturated carbocycles. The van der Waals surface area contributed by atoms with Crippen LogP contribution in [-0.4, -0.2) is 31.7 Å². The average molecular weight is 242 g/mol. The fraction of sp³-hybridized carbons (Fsp3) is 0.500. The van der Waals surface area contributed by atoms with Crippen molar-refractivity contribution in [3.05, 3.63) is 17.7 Å². The van der Waals surface area contributed by atoms with Crippen molar-refractivity contribution in [3.8, 4) is 11.5 Å². The maximum absolute atomic E-state index is 8.74. The third-order valence-corrected chi connectivity index (χ3v) is 3.48. The first-order valence-corrected chi connectivity index (χ1v) is 6.17. The van der Waals surface area contributed by atoms with Crippen molar-refractivity contribution in [2.75, 3.05) is 26.6 Å². The minimum absolute atomic E-state index is 0.235. The SMILES string of the molecule is COc1cc(C)c(SCCCO)cc1OC. The van der Waals surface area contributed by atoms with Gasteiger partial charge in [0.1, 0.15) is 0 Å². The van der Waals surface area contributed by atoms with Crippen molar-refractivity contribution in [1.82, 2.24) is 0 Å². The van der Waals surface area contributed by atoms with Crippen molar-refractivity contribution < 1.29 is 14.6 Å². The highest BCUT2D eigenvalue weighted by molar-refractivity contribution is 7.99. The van der Waals surface area contributed by atoms with Gasteiger partial charge in [0.15, 0.2) is 11.5 Å². The molecule has 0 aliphatic heterocycles. The van der Waals surface area contributed by atoms with Crippen LogP contribution in [0.1, 0.15) is 12.0 Å². The molecule has 0 aromatic heterocycles. The summed E-state index contributed by atoms with van der Waals surface area (Å²) in [6, 6.07) is 3.95. The van der Waals surface area contributed by atoms with E-state index < -0.39 is 0 Å². The van der Waals surface area contributed by atoms with Crippen LogP contribution in [0.5, 0.6) is 11.5 Å². The predicted octanol–water partition coefficient (Wildman–Crippen LogP) is 2.49. The molecule has 0 aliphatic rings. The van der Waals surface area contributed by atoms with E-state index in [-0.39, 0.29) is 6.61 Å². The third-order valence-electron chi connectivity index (χ3n) is 2.24. The molecule has 0 aliphatic carbocycles. The summed E-state index contributed by atoms with van der Waals surface area (Å²) < 4.78 is 10.5. The van der Waals surface area contributed by atoms with Gasteiger partial charge in [0.2, 0.25) is 0 Å². The number of aryl methyl sites for hydroxylation is 1. The second-order valence-corrected chi connectivity index (χ2v) is 4.54. The van der Waals surface area contributed by atoms with Crippen molar-refractivity contribution >= 4 is 11.8 Å². The van der Waals surface area contributed by atoms with Gasteiger partial charge in [-0.05, 0) is 31.0 Å². The molecular weight excluding hydrogens is 224 g/mol. The van der Waals surface area contributed by atoms with E-state index in [1.54, 1.807) is 26.0 Å². The van der Waals surface area contributed by atoms with Crippen LogP contribution in [0.25, 0.3) is 0 Å². The third kappa shape index (κ3) is 3.32. The zero-order valence-corrected chi connectivity index (χ0v) is 10.8. The molecular formula is C12H18O3S. The summed E-state index contributed by atoms with van der Waals surface area (Å²) in [6.07, 6.45) is 0.804. The van der Waals surface area contributed by atoms with Gasteiger partial charge in [-0.15, -0.1) is 11.8 Å². The standard InChI is InChI=1S/C12H18O3S/c1-9-7-10(14-2)11(15-3)8-12(9)16-6-4-5-13/h7-8,13H,4-6H2,1-3H3. The lowest BCUT2D eigenvalue weighted by atomic mass is 10.2. The number of benzene rings is 1. The van der Waals surface area contributed by atoms with Crippen LogP contribution in [0.3, 0.4) is 0 Å². The molecule has 0 unspecified atom stereocenters. The lowest BCUT2D eigenvalue weighted by Gasteiger charge is -2.12. The Bertz CT molecular complexity index is 339. The first kappa shape index (κ1) is 13.2. The van der Waals surface area contributed by atoms with E-state index >= 15 is 0 Å². The summed E-state index contributed by atoms with van der Waals surface area (Å²) in [5, 5.41) is 8.74. The van der Waals surface area contributed by atoms with E-state index in [1.807, 2.05) is 19.1 Å². The zero-order chi connectivity index (χ0) is 12.0. The lowest BCUT2D eigenvalue weighted by Crippen LogP contribution is -1.93. The van der Waals surface area contributed by atoms with E-state index in [2.05, 4.69) is 0 Å². The molecule has 1 aromatic carbocycles. The molecule has 0 atom stereocenters. The number of rotatable bonds is 6. The molecule has 90 valence electrons. The van der Waals surface area contributed by atoms with Crippen LogP contribution in [0.4, 0.5) is 0 Å². The maximum Gasteiger partial charge on any atom is 0.161 e. The molecule has 16 heavy (non-hydrogen) atoms. The predicted molar refractivity (Wildman–Crippen MR) is 66.7 cm³/mol. The molecule has 0 saturated heterocycles. The lowest BCUT2D eigenvalue weighted by molar-refractivity contribution is 0.296.